The standard InChI is InChI=1S/C24H28F3N5S/c1-28-23-29-21(20-11-19(12-24(25,26)27)33-22(20)30-23)32-10-8-17-13-31(14-18(17)15-32)9-7-16-5-3-2-4-6-16/h2-6,11,17-18H,7-10,12-15H2,1H3,(H,28,29,30). The van der Waals surface area contributed by atoms with Crippen molar-refractivity contribution in [3.8, 4) is 0 Å². The molecule has 2 aromatic heterocycles. The first-order valence-corrected chi connectivity index (χ1v) is 12.3. The Morgan fingerprint density at radius 3 is 2.64 bits per heavy atom. The number of hydrogen-bond acceptors (Lipinski definition) is 6. The topological polar surface area (TPSA) is 44.3 Å². The highest BCUT2D eigenvalue weighted by Gasteiger charge is 2.38. The van der Waals surface area contributed by atoms with Crippen LogP contribution in [0.25, 0.3) is 10.2 Å². The maximum Gasteiger partial charge on any atom is 0.393 e. The number of likely N-dealkylation sites (tertiary alicyclic amines) is 1. The van der Waals surface area contributed by atoms with E-state index in [0.29, 0.717) is 22.6 Å². The molecule has 3 aromatic rings. The molecular weight excluding hydrogens is 447 g/mol. The van der Waals surface area contributed by atoms with Gasteiger partial charge in [0, 0.05) is 44.6 Å². The number of nitrogens with one attached hydrogen (secondary N) is 1. The molecule has 0 aliphatic carbocycles. The van der Waals surface area contributed by atoms with E-state index in [2.05, 4.69) is 49.4 Å². The van der Waals surface area contributed by atoms with Crippen molar-refractivity contribution in [2.24, 2.45) is 11.8 Å². The largest absolute Gasteiger partial charge is 0.393 e. The van der Waals surface area contributed by atoms with Gasteiger partial charge in [-0.15, -0.1) is 11.3 Å². The van der Waals surface area contributed by atoms with E-state index in [1.54, 1.807) is 13.1 Å². The van der Waals surface area contributed by atoms with E-state index in [1.807, 2.05) is 6.07 Å². The third-order valence-electron chi connectivity index (χ3n) is 6.76. The lowest BCUT2D eigenvalue weighted by Gasteiger charge is -2.35. The normalized spacial score (nSPS) is 21.5. The summed E-state index contributed by atoms with van der Waals surface area (Å²) in [7, 11) is 1.74. The summed E-state index contributed by atoms with van der Waals surface area (Å²) in [5.41, 5.74) is 1.36. The predicted molar refractivity (Wildman–Crippen MR) is 127 cm³/mol. The molecule has 2 unspecified atom stereocenters. The minimum absolute atomic E-state index is 0.282. The van der Waals surface area contributed by atoms with Crippen LogP contribution in [0.15, 0.2) is 36.4 Å². The van der Waals surface area contributed by atoms with Gasteiger partial charge in [-0.3, -0.25) is 0 Å². The van der Waals surface area contributed by atoms with Crippen LogP contribution in [0.2, 0.25) is 0 Å². The molecule has 1 aromatic carbocycles. The number of benzene rings is 1. The van der Waals surface area contributed by atoms with Crippen LogP contribution in [0.5, 0.6) is 0 Å². The Morgan fingerprint density at radius 1 is 1.09 bits per heavy atom. The van der Waals surface area contributed by atoms with Crippen molar-refractivity contribution in [1.82, 2.24) is 14.9 Å². The molecule has 176 valence electrons. The van der Waals surface area contributed by atoms with Gasteiger partial charge < -0.3 is 15.1 Å². The van der Waals surface area contributed by atoms with Crippen LogP contribution in [-0.2, 0) is 12.8 Å². The number of anilines is 2. The zero-order chi connectivity index (χ0) is 23.0. The SMILES string of the molecule is CNc1nc(N2CCC3CN(CCc4ccccc4)CC3C2)c2cc(CC(F)(F)F)sc2n1. The van der Waals surface area contributed by atoms with E-state index in [-0.39, 0.29) is 4.88 Å². The van der Waals surface area contributed by atoms with Crippen molar-refractivity contribution in [2.75, 3.05) is 50.0 Å². The van der Waals surface area contributed by atoms with E-state index in [1.165, 1.54) is 5.56 Å². The highest BCUT2D eigenvalue weighted by atomic mass is 32.1. The second kappa shape index (κ2) is 9.10. The van der Waals surface area contributed by atoms with Crippen molar-refractivity contribution in [3.63, 3.8) is 0 Å². The summed E-state index contributed by atoms with van der Waals surface area (Å²) in [5, 5.41) is 3.70. The molecule has 2 fully saturated rings. The Hall–Kier alpha value is -2.39. The summed E-state index contributed by atoms with van der Waals surface area (Å²) >= 11 is 1.11. The molecule has 5 rings (SSSR count). The molecule has 0 bridgehead atoms. The third kappa shape index (κ3) is 5.09. The smallest absolute Gasteiger partial charge is 0.357 e. The number of thiophene rings is 1. The quantitative estimate of drug-likeness (QED) is 0.553. The minimum atomic E-state index is -4.23. The lowest BCUT2D eigenvalue weighted by Crippen LogP contribution is -2.40. The van der Waals surface area contributed by atoms with Gasteiger partial charge in [0.25, 0.3) is 0 Å². The summed E-state index contributed by atoms with van der Waals surface area (Å²) in [6.07, 6.45) is -3.03. The average Bonchev–Trinajstić information content (AvgIpc) is 3.38. The fourth-order valence-electron chi connectivity index (χ4n) is 5.17. The molecular formula is C24H28F3N5S. The van der Waals surface area contributed by atoms with Gasteiger partial charge in [-0.1, -0.05) is 30.3 Å². The fraction of sp³-hybridized carbons (Fsp3) is 0.500. The molecule has 0 saturated carbocycles. The Bertz CT molecular complexity index is 1100. The third-order valence-corrected chi connectivity index (χ3v) is 7.79. The van der Waals surface area contributed by atoms with E-state index in [0.717, 1.165) is 68.1 Å². The molecule has 0 amide bonds. The highest BCUT2D eigenvalue weighted by molar-refractivity contribution is 7.18. The number of rotatable bonds is 6. The molecule has 2 aliphatic rings. The van der Waals surface area contributed by atoms with Crippen LogP contribution < -0.4 is 10.2 Å². The molecule has 0 spiro atoms. The zero-order valence-electron chi connectivity index (χ0n) is 18.6. The van der Waals surface area contributed by atoms with Crippen molar-refractivity contribution >= 4 is 33.3 Å². The van der Waals surface area contributed by atoms with Crippen molar-refractivity contribution in [1.29, 1.82) is 0 Å². The van der Waals surface area contributed by atoms with Gasteiger partial charge in [-0.05, 0) is 36.3 Å². The summed E-state index contributed by atoms with van der Waals surface area (Å²) in [5.74, 6) is 2.43. The first-order valence-electron chi connectivity index (χ1n) is 11.4. The Labute approximate surface area is 195 Å². The van der Waals surface area contributed by atoms with Crippen LogP contribution in [0.3, 0.4) is 0 Å². The first kappa shape index (κ1) is 22.4. The number of aromatic nitrogens is 2. The van der Waals surface area contributed by atoms with E-state index >= 15 is 0 Å². The maximum atomic E-state index is 13.0. The van der Waals surface area contributed by atoms with Gasteiger partial charge in [0.05, 0.1) is 11.8 Å². The lowest BCUT2D eigenvalue weighted by molar-refractivity contribution is -0.126. The fourth-order valence-corrected chi connectivity index (χ4v) is 6.22. The summed E-state index contributed by atoms with van der Waals surface area (Å²) in [6.45, 7) is 4.99. The average molecular weight is 476 g/mol. The molecule has 9 heteroatoms. The van der Waals surface area contributed by atoms with Gasteiger partial charge >= 0.3 is 6.18 Å². The maximum absolute atomic E-state index is 13.0. The number of halogens is 3. The van der Waals surface area contributed by atoms with E-state index in [9.17, 15) is 13.2 Å². The molecule has 2 saturated heterocycles. The van der Waals surface area contributed by atoms with E-state index in [4.69, 9.17) is 0 Å². The molecule has 1 N–H and O–H groups in total. The number of hydrogen-bond donors (Lipinski definition) is 1. The first-order chi connectivity index (χ1) is 15.9. The number of fused-ring (bicyclic) bond motifs is 2. The minimum Gasteiger partial charge on any atom is -0.357 e. The van der Waals surface area contributed by atoms with Crippen molar-refractivity contribution in [2.45, 2.75) is 25.4 Å². The van der Waals surface area contributed by atoms with Gasteiger partial charge in [-0.25, -0.2) is 4.98 Å². The summed E-state index contributed by atoms with van der Waals surface area (Å²) in [6, 6.07) is 12.2. The van der Waals surface area contributed by atoms with Gasteiger partial charge in [0.15, 0.2) is 0 Å². The van der Waals surface area contributed by atoms with Crippen LogP contribution >= 0.6 is 11.3 Å². The monoisotopic (exact) mass is 475 g/mol. The number of alkyl halides is 3. The predicted octanol–water partition coefficient (Wildman–Crippen LogP) is 4.84. The second-order valence-electron chi connectivity index (χ2n) is 9.09. The van der Waals surface area contributed by atoms with Crippen LogP contribution in [0.4, 0.5) is 24.9 Å². The lowest BCUT2D eigenvalue weighted by atomic mass is 9.88. The van der Waals surface area contributed by atoms with Crippen LogP contribution in [0, 0.1) is 11.8 Å². The molecule has 2 aliphatic heterocycles. The van der Waals surface area contributed by atoms with Crippen LogP contribution in [-0.4, -0.2) is 60.8 Å². The van der Waals surface area contributed by atoms with Crippen molar-refractivity contribution < 1.29 is 13.2 Å². The number of piperidine rings is 1. The Balaban J connectivity index is 1.31. The molecule has 4 heterocycles. The molecule has 33 heavy (non-hydrogen) atoms. The Kier molecular flexibility index (Phi) is 6.18. The van der Waals surface area contributed by atoms with E-state index < -0.39 is 12.6 Å². The Morgan fingerprint density at radius 2 is 1.88 bits per heavy atom. The number of nitrogens with zero attached hydrogens (tertiary/aromatic N) is 4. The van der Waals surface area contributed by atoms with Gasteiger partial charge in [-0.2, -0.15) is 18.2 Å². The van der Waals surface area contributed by atoms with Gasteiger partial charge in [0.2, 0.25) is 5.95 Å². The molecule has 5 nitrogen and oxygen atoms in total. The second-order valence-corrected chi connectivity index (χ2v) is 10.2. The molecule has 2 atom stereocenters. The highest BCUT2D eigenvalue weighted by Crippen LogP contribution is 2.38. The van der Waals surface area contributed by atoms with Crippen LogP contribution in [0.1, 0.15) is 16.9 Å². The van der Waals surface area contributed by atoms with Gasteiger partial charge in [0.1, 0.15) is 10.6 Å². The summed E-state index contributed by atoms with van der Waals surface area (Å²) in [4.78, 5) is 14.8. The molecule has 0 radical (unpaired) electrons. The zero-order valence-corrected chi connectivity index (χ0v) is 19.4. The summed E-state index contributed by atoms with van der Waals surface area (Å²) < 4.78 is 38.9. The van der Waals surface area contributed by atoms with Crippen molar-refractivity contribution in [3.05, 3.63) is 46.8 Å².